The van der Waals surface area contributed by atoms with Crippen molar-refractivity contribution < 1.29 is 14.3 Å². The van der Waals surface area contributed by atoms with Crippen LogP contribution in [0.1, 0.15) is 21.7 Å². The first-order valence-electron chi connectivity index (χ1n) is 7.43. The van der Waals surface area contributed by atoms with Crippen LogP contribution in [0.2, 0.25) is 0 Å². The zero-order valence-electron chi connectivity index (χ0n) is 13.0. The van der Waals surface area contributed by atoms with Crippen molar-refractivity contribution >= 4 is 23.2 Å². The third-order valence-corrected chi connectivity index (χ3v) is 3.92. The fourth-order valence-corrected chi connectivity index (χ4v) is 2.55. The molecule has 0 aliphatic heterocycles. The average molecular weight is 332 g/mol. The Bertz CT molecular complexity index is 641. The summed E-state index contributed by atoms with van der Waals surface area (Å²) in [4.78, 5) is 23.9. The number of ether oxygens (including phenoxy) is 1. The van der Waals surface area contributed by atoms with Crippen molar-refractivity contribution in [2.45, 2.75) is 13.3 Å². The monoisotopic (exact) mass is 332 g/mol. The molecule has 0 aliphatic rings. The molecule has 0 bridgehead atoms. The van der Waals surface area contributed by atoms with Gasteiger partial charge in [-0.1, -0.05) is 18.2 Å². The number of carbonyl (C=O) groups excluding carboxylic acids is 2. The Hall–Kier alpha value is -2.34. The van der Waals surface area contributed by atoms with Crippen LogP contribution in [0.5, 0.6) is 5.75 Å². The summed E-state index contributed by atoms with van der Waals surface area (Å²) >= 11 is 1.35. The van der Waals surface area contributed by atoms with Crippen molar-refractivity contribution in [3.63, 3.8) is 0 Å². The highest BCUT2D eigenvalue weighted by atomic mass is 32.1. The lowest BCUT2D eigenvalue weighted by atomic mass is 10.2. The van der Waals surface area contributed by atoms with Crippen molar-refractivity contribution in [2.75, 3.05) is 19.7 Å². The van der Waals surface area contributed by atoms with Gasteiger partial charge in [0.15, 0.2) is 0 Å². The fourth-order valence-electron chi connectivity index (χ4n) is 1.91. The highest BCUT2D eigenvalue weighted by Gasteiger charge is 2.08. The third-order valence-electron chi connectivity index (χ3n) is 3.06. The van der Waals surface area contributed by atoms with Crippen LogP contribution in [-0.2, 0) is 4.79 Å². The van der Waals surface area contributed by atoms with Crippen LogP contribution in [0.25, 0.3) is 0 Å². The fraction of sp³-hybridized carbons (Fsp3) is 0.294. The van der Waals surface area contributed by atoms with E-state index in [1.807, 2.05) is 36.6 Å². The summed E-state index contributed by atoms with van der Waals surface area (Å²) in [7, 11) is 0. The summed E-state index contributed by atoms with van der Waals surface area (Å²) < 4.78 is 5.60. The van der Waals surface area contributed by atoms with Crippen LogP contribution in [0, 0.1) is 6.92 Å². The van der Waals surface area contributed by atoms with E-state index < -0.39 is 0 Å². The number of nitrogens with one attached hydrogen (secondary N) is 2. The van der Waals surface area contributed by atoms with E-state index in [0.29, 0.717) is 24.4 Å². The van der Waals surface area contributed by atoms with Gasteiger partial charge in [-0.25, -0.2) is 0 Å². The zero-order valence-corrected chi connectivity index (χ0v) is 13.8. The van der Waals surface area contributed by atoms with Gasteiger partial charge in [0, 0.05) is 6.54 Å². The lowest BCUT2D eigenvalue weighted by molar-refractivity contribution is -0.120. The van der Waals surface area contributed by atoms with Gasteiger partial charge in [0.25, 0.3) is 5.91 Å². The topological polar surface area (TPSA) is 67.4 Å². The number of benzene rings is 1. The maximum Gasteiger partial charge on any atom is 0.261 e. The molecule has 6 heteroatoms. The van der Waals surface area contributed by atoms with E-state index in [-0.39, 0.29) is 18.4 Å². The van der Waals surface area contributed by atoms with E-state index in [1.165, 1.54) is 11.3 Å². The van der Waals surface area contributed by atoms with Crippen LogP contribution in [0.4, 0.5) is 0 Å². The largest absolute Gasteiger partial charge is 0.494 e. The summed E-state index contributed by atoms with van der Waals surface area (Å²) in [6.07, 6.45) is 0.707. The Kier molecular flexibility index (Phi) is 6.62. The zero-order chi connectivity index (χ0) is 16.5. The standard InChI is InChI=1S/C17H20N2O3S/c1-13-5-2-6-14(11-13)22-9-4-8-18-16(20)12-19-17(21)15-7-3-10-23-15/h2-3,5-7,10-11H,4,8-9,12H2,1H3,(H,18,20)(H,19,21). The number of hydrogen-bond donors (Lipinski definition) is 2. The van der Waals surface area contributed by atoms with Crippen molar-refractivity contribution in [2.24, 2.45) is 0 Å². The van der Waals surface area contributed by atoms with Crippen LogP contribution >= 0.6 is 11.3 Å². The molecule has 0 radical (unpaired) electrons. The van der Waals surface area contributed by atoms with E-state index in [9.17, 15) is 9.59 Å². The van der Waals surface area contributed by atoms with Crippen molar-refractivity contribution in [3.05, 3.63) is 52.2 Å². The molecule has 122 valence electrons. The van der Waals surface area contributed by atoms with Crippen LogP contribution in [0.3, 0.4) is 0 Å². The van der Waals surface area contributed by atoms with Gasteiger partial charge in [-0.15, -0.1) is 11.3 Å². The Morgan fingerprint density at radius 3 is 2.78 bits per heavy atom. The number of aryl methyl sites for hydroxylation is 1. The van der Waals surface area contributed by atoms with Gasteiger partial charge in [-0.05, 0) is 42.5 Å². The van der Waals surface area contributed by atoms with Crippen molar-refractivity contribution in [1.29, 1.82) is 0 Å². The molecule has 0 saturated heterocycles. The van der Waals surface area contributed by atoms with Gasteiger partial charge in [-0.2, -0.15) is 0 Å². The lowest BCUT2D eigenvalue weighted by Gasteiger charge is -2.08. The van der Waals surface area contributed by atoms with Gasteiger partial charge in [0.1, 0.15) is 5.75 Å². The summed E-state index contributed by atoms with van der Waals surface area (Å²) in [5, 5.41) is 7.16. The van der Waals surface area contributed by atoms with E-state index >= 15 is 0 Å². The first kappa shape index (κ1) is 17.0. The van der Waals surface area contributed by atoms with Gasteiger partial charge in [0.05, 0.1) is 18.0 Å². The second-order valence-electron chi connectivity index (χ2n) is 5.03. The second kappa shape index (κ2) is 8.95. The van der Waals surface area contributed by atoms with Crippen molar-refractivity contribution in [1.82, 2.24) is 10.6 Å². The summed E-state index contributed by atoms with van der Waals surface area (Å²) in [6, 6.07) is 11.4. The third kappa shape index (κ3) is 6.12. The average Bonchev–Trinajstić information content (AvgIpc) is 3.07. The molecule has 1 heterocycles. The quantitative estimate of drug-likeness (QED) is 0.729. The predicted molar refractivity (Wildman–Crippen MR) is 91.0 cm³/mol. The predicted octanol–water partition coefficient (Wildman–Crippen LogP) is 2.37. The van der Waals surface area contributed by atoms with E-state index in [0.717, 1.165) is 11.3 Å². The normalized spacial score (nSPS) is 10.1. The molecule has 2 amide bonds. The second-order valence-corrected chi connectivity index (χ2v) is 5.98. The minimum absolute atomic E-state index is 0.0184. The minimum atomic E-state index is -0.224. The Balaban J connectivity index is 1.55. The van der Waals surface area contributed by atoms with E-state index in [4.69, 9.17) is 4.74 Å². The smallest absolute Gasteiger partial charge is 0.261 e. The Labute approximate surface area is 139 Å². The van der Waals surface area contributed by atoms with Gasteiger partial charge in [0.2, 0.25) is 5.91 Å². The maximum atomic E-state index is 11.7. The van der Waals surface area contributed by atoms with Crippen LogP contribution < -0.4 is 15.4 Å². The summed E-state index contributed by atoms with van der Waals surface area (Å²) in [5.41, 5.74) is 1.15. The molecule has 1 aromatic heterocycles. The van der Waals surface area contributed by atoms with Gasteiger partial charge >= 0.3 is 0 Å². The Morgan fingerprint density at radius 1 is 1.17 bits per heavy atom. The number of amides is 2. The minimum Gasteiger partial charge on any atom is -0.494 e. The number of thiophene rings is 1. The molecule has 5 nitrogen and oxygen atoms in total. The number of carbonyl (C=O) groups is 2. The summed E-state index contributed by atoms with van der Waals surface area (Å²) in [5.74, 6) is 0.405. The highest BCUT2D eigenvalue weighted by Crippen LogP contribution is 2.12. The molecule has 2 aromatic rings. The first-order valence-corrected chi connectivity index (χ1v) is 8.31. The van der Waals surface area contributed by atoms with E-state index in [2.05, 4.69) is 10.6 Å². The molecule has 2 rings (SSSR count). The Morgan fingerprint density at radius 2 is 2.04 bits per heavy atom. The molecule has 0 aliphatic carbocycles. The first-order chi connectivity index (χ1) is 11.1. The number of rotatable bonds is 8. The highest BCUT2D eigenvalue weighted by molar-refractivity contribution is 7.12. The molecule has 0 atom stereocenters. The molecule has 1 aromatic carbocycles. The van der Waals surface area contributed by atoms with E-state index in [1.54, 1.807) is 12.1 Å². The lowest BCUT2D eigenvalue weighted by Crippen LogP contribution is -2.37. The van der Waals surface area contributed by atoms with Crippen LogP contribution in [-0.4, -0.2) is 31.5 Å². The molecule has 0 fully saturated rings. The maximum absolute atomic E-state index is 11.7. The van der Waals surface area contributed by atoms with Crippen LogP contribution in [0.15, 0.2) is 41.8 Å². The molecule has 0 saturated carbocycles. The summed E-state index contributed by atoms with van der Waals surface area (Å²) in [6.45, 7) is 3.04. The van der Waals surface area contributed by atoms with Gasteiger partial charge < -0.3 is 15.4 Å². The molecular weight excluding hydrogens is 312 g/mol. The number of hydrogen-bond acceptors (Lipinski definition) is 4. The SMILES string of the molecule is Cc1cccc(OCCCNC(=O)CNC(=O)c2cccs2)c1. The van der Waals surface area contributed by atoms with Crippen molar-refractivity contribution in [3.8, 4) is 5.75 Å². The molecule has 2 N–H and O–H groups in total. The van der Waals surface area contributed by atoms with Gasteiger partial charge in [-0.3, -0.25) is 9.59 Å². The molecule has 0 spiro atoms. The molecule has 0 unspecified atom stereocenters. The molecular formula is C17H20N2O3S. The molecule has 23 heavy (non-hydrogen) atoms.